The Labute approximate surface area is 336 Å². The molecule has 0 N–H and O–H groups in total. The summed E-state index contributed by atoms with van der Waals surface area (Å²) < 4.78 is 0. The van der Waals surface area contributed by atoms with Gasteiger partial charge in [0, 0.05) is 27.6 Å². The number of aromatic nitrogens is 3. The Morgan fingerprint density at radius 3 is 1.53 bits per heavy atom. The summed E-state index contributed by atoms with van der Waals surface area (Å²) in [5.74, 6) is 0.704. The Morgan fingerprint density at radius 2 is 0.776 bits per heavy atom. The van der Waals surface area contributed by atoms with Crippen LogP contribution in [0.3, 0.4) is 0 Å². The predicted octanol–water partition coefficient (Wildman–Crippen LogP) is 14.5. The molecule has 2 aromatic heterocycles. The van der Waals surface area contributed by atoms with E-state index < -0.39 is 0 Å². The van der Waals surface area contributed by atoms with Gasteiger partial charge in [-0.05, 0) is 91.0 Å². The van der Waals surface area contributed by atoms with Gasteiger partial charge in [0.1, 0.15) is 0 Å². The summed E-state index contributed by atoms with van der Waals surface area (Å²) in [5.41, 5.74) is 12.4. The van der Waals surface area contributed by atoms with Gasteiger partial charge in [0.05, 0.1) is 22.6 Å². The Morgan fingerprint density at radius 1 is 0.241 bits per heavy atom. The maximum atomic E-state index is 5.31. The zero-order valence-corrected chi connectivity index (χ0v) is 31.5. The first-order valence-corrected chi connectivity index (χ1v) is 19.7. The summed E-state index contributed by atoms with van der Waals surface area (Å²) in [6.45, 7) is 0. The molecule has 0 aliphatic carbocycles. The van der Waals surface area contributed by atoms with Gasteiger partial charge in [-0.1, -0.05) is 176 Å². The first kappa shape index (κ1) is 33.6. The van der Waals surface area contributed by atoms with Gasteiger partial charge in [-0.3, -0.25) is 0 Å². The summed E-state index contributed by atoms with van der Waals surface area (Å²) in [6.07, 6.45) is 0. The highest BCUT2D eigenvalue weighted by atomic mass is 14.9. The number of rotatable bonds is 6. The molecule has 270 valence electrons. The van der Waals surface area contributed by atoms with Crippen LogP contribution in [0.15, 0.2) is 212 Å². The quantitative estimate of drug-likeness (QED) is 0.160. The number of hydrogen-bond acceptors (Lipinski definition) is 3. The normalized spacial score (nSPS) is 11.4. The van der Waals surface area contributed by atoms with Crippen LogP contribution in [0.2, 0.25) is 0 Å². The van der Waals surface area contributed by atoms with E-state index in [1.807, 2.05) is 36.4 Å². The van der Waals surface area contributed by atoms with E-state index in [1.165, 1.54) is 37.9 Å². The van der Waals surface area contributed by atoms with E-state index in [0.29, 0.717) is 5.82 Å². The second-order valence-electron chi connectivity index (χ2n) is 14.8. The van der Waals surface area contributed by atoms with E-state index in [1.54, 1.807) is 0 Å². The second kappa shape index (κ2) is 14.1. The van der Waals surface area contributed by atoms with Gasteiger partial charge in [0.2, 0.25) is 0 Å². The van der Waals surface area contributed by atoms with Gasteiger partial charge in [-0.25, -0.2) is 15.0 Å². The lowest BCUT2D eigenvalue weighted by Crippen LogP contribution is -1.96. The highest BCUT2D eigenvalue weighted by Crippen LogP contribution is 2.40. The van der Waals surface area contributed by atoms with Gasteiger partial charge >= 0.3 is 0 Å². The Bertz CT molecular complexity index is 3260. The SMILES string of the molecule is c1ccc(-c2cc(-c3ccc(-c4cc(-c5ccc6ccccc6c5)nc5ccc(-c6cc7ccccc7c7ccccc67)cc45)cc3)nc(-c3ccccc3)n2)cc1. The van der Waals surface area contributed by atoms with Crippen molar-refractivity contribution in [3.8, 4) is 67.4 Å². The van der Waals surface area contributed by atoms with Crippen molar-refractivity contribution in [1.82, 2.24) is 15.0 Å². The van der Waals surface area contributed by atoms with E-state index in [-0.39, 0.29) is 0 Å². The first-order valence-electron chi connectivity index (χ1n) is 19.7. The summed E-state index contributed by atoms with van der Waals surface area (Å²) in [7, 11) is 0. The molecule has 0 aliphatic rings. The minimum absolute atomic E-state index is 0.704. The zero-order chi connectivity index (χ0) is 38.4. The van der Waals surface area contributed by atoms with E-state index >= 15 is 0 Å². The highest BCUT2D eigenvalue weighted by Gasteiger charge is 2.16. The molecule has 0 radical (unpaired) electrons. The van der Waals surface area contributed by atoms with Crippen LogP contribution in [0.4, 0.5) is 0 Å². The summed E-state index contributed by atoms with van der Waals surface area (Å²) in [6, 6.07) is 75.3. The summed E-state index contributed by atoms with van der Waals surface area (Å²) in [4.78, 5) is 15.4. The molecule has 58 heavy (non-hydrogen) atoms. The second-order valence-corrected chi connectivity index (χ2v) is 14.8. The standard InChI is InChI=1S/C55H35N3/c1-3-14-38(15-4-1)53-35-54(58-55(57-53)40-16-5-2-6-17-40)39-26-24-37(25-27-39)49-34-52(44-28-23-36-13-7-8-18-41(36)31-44)56-51-30-29-43(33-50(49)51)48-32-42-19-9-10-20-45(42)46-21-11-12-22-47(46)48/h1-35H. The minimum Gasteiger partial charge on any atom is -0.248 e. The molecule has 0 amide bonds. The van der Waals surface area contributed by atoms with Crippen molar-refractivity contribution in [2.45, 2.75) is 0 Å². The molecule has 11 aromatic rings. The van der Waals surface area contributed by atoms with Gasteiger partial charge in [-0.2, -0.15) is 0 Å². The van der Waals surface area contributed by atoms with Crippen LogP contribution in [0.25, 0.3) is 111 Å². The molecule has 11 rings (SSSR count). The molecular weight excluding hydrogens is 703 g/mol. The third-order valence-corrected chi connectivity index (χ3v) is 11.3. The molecule has 0 spiro atoms. The van der Waals surface area contributed by atoms with Crippen molar-refractivity contribution in [2.75, 3.05) is 0 Å². The average Bonchev–Trinajstić information content (AvgIpc) is 3.31. The Balaban J connectivity index is 1.08. The molecule has 0 unspecified atom stereocenters. The number of pyridine rings is 1. The van der Waals surface area contributed by atoms with Crippen molar-refractivity contribution < 1.29 is 0 Å². The van der Waals surface area contributed by atoms with Crippen LogP contribution in [0.1, 0.15) is 0 Å². The fourth-order valence-electron chi connectivity index (χ4n) is 8.31. The molecule has 0 fully saturated rings. The molecule has 9 aromatic carbocycles. The fourth-order valence-corrected chi connectivity index (χ4v) is 8.31. The van der Waals surface area contributed by atoms with Gasteiger partial charge in [-0.15, -0.1) is 0 Å². The van der Waals surface area contributed by atoms with E-state index in [2.05, 4.69) is 176 Å². The van der Waals surface area contributed by atoms with Gasteiger partial charge < -0.3 is 0 Å². The predicted molar refractivity (Wildman–Crippen MR) is 242 cm³/mol. The van der Waals surface area contributed by atoms with Crippen LogP contribution in [0.5, 0.6) is 0 Å². The monoisotopic (exact) mass is 737 g/mol. The van der Waals surface area contributed by atoms with Crippen molar-refractivity contribution in [2.24, 2.45) is 0 Å². The van der Waals surface area contributed by atoms with Crippen LogP contribution in [-0.2, 0) is 0 Å². The fraction of sp³-hybridized carbons (Fsp3) is 0. The number of hydrogen-bond donors (Lipinski definition) is 0. The molecular formula is C55H35N3. The number of nitrogens with zero attached hydrogens (tertiary/aromatic N) is 3. The average molecular weight is 738 g/mol. The van der Waals surface area contributed by atoms with Crippen molar-refractivity contribution in [3.05, 3.63) is 212 Å². The molecule has 2 heterocycles. The third-order valence-electron chi connectivity index (χ3n) is 11.3. The summed E-state index contributed by atoms with van der Waals surface area (Å²) in [5, 5.41) is 8.50. The Kier molecular flexibility index (Phi) is 8.15. The number of fused-ring (bicyclic) bond motifs is 5. The minimum atomic E-state index is 0.704. The maximum absolute atomic E-state index is 5.31. The highest BCUT2D eigenvalue weighted by molar-refractivity contribution is 6.14. The maximum Gasteiger partial charge on any atom is 0.160 e. The van der Waals surface area contributed by atoms with Gasteiger partial charge in [0.15, 0.2) is 5.82 Å². The molecule has 0 saturated heterocycles. The van der Waals surface area contributed by atoms with Gasteiger partial charge in [0.25, 0.3) is 0 Å². The third kappa shape index (κ3) is 6.07. The molecule has 0 bridgehead atoms. The lowest BCUT2D eigenvalue weighted by Gasteiger charge is -2.15. The topological polar surface area (TPSA) is 38.7 Å². The van der Waals surface area contributed by atoms with Crippen molar-refractivity contribution >= 4 is 43.2 Å². The number of benzene rings is 9. The molecule has 3 heteroatoms. The summed E-state index contributed by atoms with van der Waals surface area (Å²) >= 11 is 0. The molecule has 0 saturated carbocycles. The molecule has 0 atom stereocenters. The Hall–Kier alpha value is -7.75. The van der Waals surface area contributed by atoms with E-state index in [9.17, 15) is 0 Å². The lowest BCUT2D eigenvalue weighted by molar-refractivity contribution is 1.18. The van der Waals surface area contributed by atoms with Crippen LogP contribution < -0.4 is 0 Å². The lowest BCUT2D eigenvalue weighted by atomic mass is 9.91. The first-order chi connectivity index (χ1) is 28.7. The van der Waals surface area contributed by atoms with Crippen molar-refractivity contribution in [3.63, 3.8) is 0 Å². The zero-order valence-electron chi connectivity index (χ0n) is 31.5. The van der Waals surface area contributed by atoms with Crippen LogP contribution in [-0.4, -0.2) is 15.0 Å². The molecule has 3 nitrogen and oxygen atoms in total. The van der Waals surface area contributed by atoms with E-state index in [0.717, 1.165) is 66.9 Å². The van der Waals surface area contributed by atoms with Crippen LogP contribution >= 0.6 is 0 Å². The smallest absolute Gasteiger partial charge is 0.160 e. The largest absolute Gasteiger partial charge is 0.248 e. The van der Waals surface area contributed by atoms with Crippen molar-refractivity contribution in [1.29, 1.82) is 0 Å². The van der Waals surface area contributed by atoms with Crippen LogP contribution in [0, 0.1) is 0 Å². The molecule has 0 aliphatic heterocycles. The van der Waals surface area contributed by atoms with E-state index in [4.69, 9.17) is 15.0 Å².